The van der Waals surface area contributed by atoms with Gasteiger partial charge in [-0.3, -0.25) is 4.99 Å². The molecule has 156 valence electrons. The summed E-state index contributed by atoms with van der Waals surface area (Å²) in [5, 5.41) is 3.51. The molecule has 0 amide bonds. The van der Waals surface area contributed by atoms with Crippen LogP contribution < -0.4 is 10.1 Å². The fourth-order valence-corrected chi connectivity index (χ4v) is 3.69. The summed E-state index contributed by atoms with van der Waals surface area (Å²) < 4.78 is 17.8. The average molecular weight is 390 g/mol. The molecule has 2 saturated heterocycles. The lowest BCUT2D eigenvalue weighted by atomic mass is 10.1. The van der Waals surface area contributed by atoms with Crippen molar-refractivity contribution in [2.24, 2.45) is 10.9 Å². The van der Waals surface area contributed by atoms with Crippen molar-refractivity contribution < 1.29 is 14.2 Å². The molecule has 6 nitrogen and oxygen atoms in total. The third-order valence-corrected chi connectivity index (χ3v) is 5.35. The maximum atomic E-state index is 6.01. The third kappa shape index (κ3) is 5.85. The predicted molar refractivity (Wildman–Crippen MR) is 112 cm³/mol. The predicted octanol–water partition coefficient (Wildman–Crippen LogP) is 3.07. The van der Waals surface area contributed by atoms with Gasteiger partial charge in [0.15, 0.2) is 5.96 Å². The molecule has 0 radical (unpaired) electrons. The minimum atomic E-state index is 0.126. The van der Waals surface area contributed by atoms with Crippen molar-refractivity contribution in [3.8, 4) is 5.75 Å². The van der Waals surface area contributed by atoms with E-state index in [0.29, 0.717) is 19.1 Å². The van der Waals surface area contributed by atoms with E-state index in [0.717, 1.165) is 62.8 Å². The van der Waals surface area contributed by atoms with Crippen LogP contribution in [-0.4, -0.2) is 63.0 Å². The standard InChI is InChI=1S/C22H35N3O3/c1-17(2)10-13-27-19-8-5-4-7-18(19)15-24-22(23-3)25-11-14-28-21(16-25)20-9-6-12-26-20/h4-5,7-8,17,20-21H,6,9-16H2,1-3H3,(H,23,24). The Morgan fingerprint density at radius 3 is 2.82 bits per heavy atom. The number of para-hydroxylation sites is 1. The van der Waals surface area contributed by atoms with Crippen LogP contribution in [0.5, 0.6) is 5.75 Å². The first-order valence-corrected chi connectivity index (χ1v) is 10.6. The first-order chi connectivity index (χ1) is 13.7. The SMILES string of the molecule is CN=C(NCc1ccccc1OCCC(C)C)N1CCOC(C2CCCO2)C1. The van der Waals surface area contributed by atoms with E-state index in [2.05, 4.69) is 41.2 Å². The van der Waals surface area contributed by atoms with Gasteiger partial charge in [-0.2, -0.15) is 0 Å². The number of rotatable bonds is 7. The first-order valence-electron chi connectivity index (χ1n) is 10.6. The van der Waals surface area contributed by atoms with Crippen molar-refractivity contribution in [3.05, 3.63) is 29.8 Å². The van der Waals surface area contributed by atoms with Gasteiger partial charge in [0.05, 0.1) is 19.3 Å². The molecule has 0 aromatic heterocycles. The van der Waals surface area contributed by atoms with Gasteiger partial charge in [-0.15, -0.1) is 0 Å². The number of nitrogens with one attached hydrogen (secondary N) is 1. The summed E-state index contributed by atoms with van der Waals surface area (Å²) in [4.78, 5) is 6.77. The molecule has 2 heterocycles. The fourth-order valence-electron chi connectivity index (χ4n) is 3.69. The van der Waals surface area contributed by atoms with Crippen LogP contribution in [0, 0.1) is 5.92 Å². The lowest BCUT2D eigenvalue weighted by molar-refractivity contribution is -0.0817. The van der Waals surface area contributed by atoms with Crippen LogP contribution in [0.4, 0.5) is 0 Å². The summed E-state index contributed by atoms with van der Waals surface area (Å²) in [5.74, 6) is 2.50. The van der Waals surface area contributed by atoms with E-state index in [-0.39, 0.29) is 12.2 Å². The smallest absolute Gasteiger partial charge is 0.194 e. The quantitative estimate of drug-likeness (QED) is 0.574. The zero-order valence-electron chi connectivity index (χ0n) is 17.5. The first kappa shape index (κ1) is 20.9. The summed E-state index contributed by atoms with van der Waals surface area (Å²) in [6, 6.07) is 8.23. The Morgan fingerprint density at radius 2 is 2.07 bits per heavy atom. The lowest BCUT2D eigenvalue weighted by Crippen LogP contribution is -2.53. The summed E-state index contributed by atoms with van der Waals surface area (Å²) in [6.45, 7) is 9.08. The molecule has 28 heavy (non-hydrogen) atoms. The van der Waals surface area contributed by atoms with E-state index in [1.807, 2.05) is 19.2 Å². The molecule has 1 aromatic carbocycles. The van der Waals surface area contributed by atoms with Gasteiger partial charge in [0.1, 0.15) is 11.9 Å². The second-order valence-electron chi connectivity index (χ2n) is 7.95. The molecule has 2 atom stereocenters. The topological polar surface area (TPSA) is 55.3 Å². The van der Waals surface area contributed by atoms with Crippen molar-refractivity contribution in [2.45, 2.75) is 51.9 Å². The highest BCUT2D eigenvalue weighted by Crippen LogP contribution is 2.22. The highest BCUT2D eigenvalue weighted by atomic mass is 16.5. The molecule has 0 spiro atoms. The van der Waals surface area contributed by atoms with Crippen molar-refractivity contribution >= 4 is 5.96 Å². The Bertz CT molecular complexity index is 629. The van der Waals surface area contributed by atoms with Crippen molar-refractivity contribution in [3.63, 3.8) is 0 Å². The molecule has 1 aromatic rings. The second-order valence-corrected chi connectivity index (χ2v) is 7.95. The van der Waals surface area contributed by atoms with Gasteiger partial charge in [0.2, 0.25) is 0 Å². The van der Waals surface area contributed by atoms with E-state index >= 15 is 0 Å². The summed E-state index contributed by atoms with van der Waals surface area (Å²) in [5.41, 5.74) is 1.15. The number of morpholine rings is 1. The molecule has 0 saturated carbocycles. The van der Waals surface area contributed by atoms with E-state index in [4.69, 9.17) is 14.2 Å². The van der Waals surface area contributed by atoms with Crippen LogP contribution in [0.2, 0.25) is 0 Å². The average Bonchev–Trinajstić information content (AvgIpc) is 3.24. The number of hydrogen-bond acceptors (Lipinski definition) is 4. The van der Waals surface area contributed by atoms with Gasteiger partial charge < -0.3 is 24.4 Å². The van der Waals surface area contributed by atoms with Gasteiger partial charge in [0.25, 0.3) is 0 Å². The lowest BCUT2D eigenvalue weighted by Gasteiger charge is -2.37. The summed E-state index contributed by atoms with van der Waals surface area (Å²) in [6.07, 6.45) is 3.62. The summed E-state index contributed by atoms with van der Waals surface area (Å²) in [7, 11) is 1.84. The Labute approximate surface area is 169 Å². The van der Waals surface area contributed by atoms with E-state index in [1.165, 1.54) is 0 Å². The second kappa shape index (κ2) is 10.7. The molecule has 3 rings (SSSR count). The highest BCUT2D eigenvalue weighted by Gasteiger charge is 2.32. The van der Waals surface area contributed by atoms with Crippen LogP contribution in [0.15, 0.2) is 29.3 Å². The Balaban J connectivity index is 1.55. The molecule has 2 aliphatic rings. The van der Waals surface area contributed by atoms with E-state index < -0.39 is 0 Å². The molecule has 2 fully saturated rings. The normalized spacial score (nSPS) is 23.3. The van der Waals surface area contributed by atoms with E-state index in [9.17, 15) is 0 Å². The Kier molecular flexibility index (Phi) is 7.98. The number of guanidine groups is 1. The number of hydrogen-bond donors (Lipinski definition) is 1. The number of ether oxygens (including phenoxy) is 3. The molecule has 0 bridgehead atoms. The van der Waals surface area contributed by atoms with Crippen molar-refractivity contribution in [2.75, 3.05) is 40.0 Å². The van der Waals surface area contributed by atoms with Crippen LogP contribution in [0.1, 0.15) is 38.7 Å². The van der Waals surface area contributed by atoms with Gasteiger partial charge in [-0.25, -0.2) is 0 Å². The molecule has 2 aliphatic heterocycles. The number of nitrogens with zero attached hydrogens (tertiary/aromatic N) is 2. The largest absolute Gasteiger partial charge is 0.493 e. The van der Waals surface area contributed by atoms with Crippen LogP contribution >= 0.6 is 0 Å². The molecule has 1 N–H and O–H groups in total. The maximum Gasteiger partial charge on any atom is 0.194 e. The zero-order chi connectivity index (χ0) is 19.8. The Hall–Kier alpha value is -1.79. The molecule has 0 aliphatic carbocycles. The van der Waals surface area contributed by atoms with Crippen molar-refractivity contribution in [1.82, 2.24) is 10.2 Å². The molecule has 6 heteroatoms. The van der Waals surface area contributed by atoms with Crippen LogP contribution in [-0.2, 0) is 16.0 Å². The van der Waals surface area contributed by atoms with Gasteiger partial charge in [-0.1, -0.05) is 32.0 Å². The molecular weight excluding hydrogens is 354 g/mol. The van der Waals surface area contributed by atoms with Crippen molar-refractivity contribution in [1.29, 1.82) is 0 Å². The minimum absolute atomic E-state index is 0.126. The van der Waals surface area contributed by atoms with Gasteiger partial charge in [0, 0.05) is 38.9 Å². The van der Waals surface area contributed by atoms with Gasteiger partial charge >= 0.3 is 0 Å². The van der Waals surface area contributed by atoms with Crippen LogP contribution in [0.3, 0.4) is 0 Å². The Morgan fingerprint density at radius 1 is 1.25 bits per heavy atom. The number of aliphatic imine (C=N–C) groups is 1. The number of benzene rings is 1. The van der Waals surface area contributed by atoms with E-state index in [1.54, 1.807) is 0 Å². The monoisotopic (exact) mass is 389 g/mol. The van der Waals surface area contributed by atoms with Gasteiger partial charge in [-0.05, 0) is 31.2 Å². The summed E-state index contributed by atoms with van der Waals surface area (Å²) >= 11 is 0. The molecular formula is C22H35N3O3. The zero-order valence-corrected chi connectivity index (χ0v) is 17.5. The fraction of sp³-hybridized carbons (Fsp3) is 0.682. The third-order valence-electron chi connectivity index (χ3n) is 5.35. The highest BCUT2D eigenvalue weighted by molar-refractivity contribution is 5.80. The minimum Gasteiger partial charge on any atom is -0.493 e. The maximum absolute atomic E-state index is 6.01. The van der Waals surface area contributed by atoms with Crippen LogP contribution in [0.25, 0.3) is 0 Å². The molecule has 2 unspecified atom stereocenters.